The zero-order valence-corrected chi connectivity index (χ0v) is 13.1. The first-order valence-corrected chi connectivity index (χ1v) is 6.89. The van der Waals surface area contributed by atoms with E-state index in [0.29, 0.717) is 0 Å². The second-order valence-electron chi connectivity index (χ2n) is 3.30. The molecule has 2 unspecified atom stereocenters. The van der Waals surface area contributed by atoms with Gasteiger partial charge in [-0.3, -0.25) is 0 Å². The van der Waals surface area contributed by atoms with E-state index in [9.17, 15) is 10.2 Å². The van der Waals surface area contributed by atoms with Gasteiger partial charge in [0.05, 0.1) is 0 Å². The van der Waals surface area contributed by atoms with E-state index < -0.39 is 19.8 Å². The van der Waals surface area contributed by atoms with Gasteiger partial charge in [0.25, 0.3) is 0 Å². The lowest BCUT2D eigenvalue weighted by molar-refractivity contribution is 0.0592. The molecule has 0 saturated heterocycles. The molecule has 9 heteroatoms. The molecule has 0 aromatic carbocycles. The van der Waals surface area contributed by atoms with Crippen molar-refractivity contribution in [3.05, 3.63) is 0 Å². The Morgan fingerprint density at radius 3 is 1.29 bits per heavy atom. The first-order chi connectivity index (χ1) is 7.55. The standard InChI is InChI=1S/C8H12Cl6O3/c9-7(10,11)5(15)1-3-17-4-2-6(16)8(12,13)14/h5-6,15-16H,1-4H2. The molecule has 0 spiro atoms. The van der Waals surface area contributed by atoms with E-state index in [1.165, 1.54) is 0 Å². The maximum atomic E-state index is 9.33. The van der Waals surface area contributed by atoms with Crippen molar-refractivity contribution in [2.75, 3.05) is 13.2 Å². The maximum Gasteiger partial charge on any atom is 0.216 e. The van der Waals surface area contributed by atoms with Gasteiger partial charge in [0.2, 0.25) is 7.59 Å². The lowest BCUT2D eigenvalue weighted by Gasteiger charge is -2.20. The number of ether oxygens (including phenoxy) is 1. The zero-order valence-electron chi connectivity index (χ0n) is 8.55. The third-order valence-electron chi connectivity index (χ3n) is 1.83. The molecule has 0 aliphatic rings. The van der Waals surface area contributed by atoms with Crippen LogP contribution < -0.4 is 0 Å². The molecular weight excluding hydrogens is 357 g/mol. The number of rotatable bonds is 6. The second kappa shape index (κ2) is 8.03. The highest BCUT2D eigenvalue weighted by Gasteiger charge is 2.31. The van der Waals surface area contributed by atoms with Gasteiger partial charge in [-0.1, -0.05) is 69.6 Å². The summed E-state index contributed by atoms with van der Waals surface area (Å²) >= 11 is 32.6. The molecule has 0 amide bonds. The number of aliphatic hydroxyl groups is 2. The van der Waals surface area contributed by atoms with E-state index in [0.717, 1.165) is 0 Å². The van der Waals surface area contributed by atoms with Crippen molar-refractivity contribution in [2.24, 2.45) is 0 Å². The predicted octanol–water partition coefficient (Wildman–Crippen LogP) is 3.25. The first kappa shape index (κ1) is 18.6. The molecule has 3 nitrogen and oxygen atoms in total. The maximum absolute atomic E-state index is 9.33. The summed E-state index contributed by atoms with van der Waals surface area (Å²) < 4.78 is 1.62. The Balaban J connectivity index is 3.61. The minimum atomic E-state index is -1.74. The molecule has 0 radical (unpaired) electrons. The Kier molecular flexibility index (Phi) is 8.79. The summed E-state index contributed by atoms with van der Waals surface area (Å²) in [7, 11) is 0. The van der Waals surface area contributed by atoms with E-state index in [4.69, 9.17) is 74.3 Å². The third kappa shape index (κ3) is 9.20. The van der Waals surface area contributed by atoms with Crippen LogP contribution in [0.3, 0.4) is 0 Å². The molecule has 0 aromatic heterocycles. The average molecular weight is 369 g/mol. The van der Waals surface area contributed by atoms with Crippen LogP contribution in [0.4, 0.5) is 0 Å². The topological polar surface area (TPSA) is 49.7 Å². The predicted molar refractivity (Wildman–Crippen MR) is 72.6 cm³/mol. The van der Waals surface area contributed by atoms with Crippen LogP contribution in [-0.2, 0) is 4.74 Å². The van der Waals surface area contributed by atoms with Crippen LogP contribution in [0.15, 0.2) is 0 Å². The molecule has 104 valence electrons. The molecule has 0 aliphatic heterocycles. The van der Waals surface area contributed by atoms with Gasteiger partial charge in [-0.25, -0.2) is 0 Å². The van der Waals surface area contributed by atoms with Gasteiger partial charge in [-0.05, 0) is 0 Å². The summed E-state index contributed by atoms with van der Waals surface area (Å²) in [6.45, 7) is 0.337. The van der Waals surface area contributed by atoms with Crippen LogP contribution in [-0.4, -0.2) is 43.2 Å². The van der Waals surface area contributed by atoms with Crippen molar-refractivity contribution in [1.82, 2.24) is 0 Å². The summed E-state index contributed by atoms with van der Waals surface area (Å²) in [4.78, 5) is 0. The summed E-state index contributed by atoms with van der Waals surface area (Å²) in [5.74, 6) is 0. The van der Waals surface area contributed by atoms with Gasteiger partial charge in [0.15, 0.2) is 0 Å². The second-order valence-corrected chi connectivity index (χ2v) is 8.04. The molecule has 0 bridgehead atoms. The van der Waals surface area contributed by atoms with Crippen molar-refractivity contribution >= 4 is 69.6 Å². The SMILES string of the molecule is OC(CCOCCC(O)C(Cl)(Cl)Cl)C(Cl)(Cl)Cl. The minimum Gasteiger partial charge on any atom is -0.389 e. The molecule has 17 heavy (non-hydrogen) atoms. The molecule has 2 atom stereocenters. The van der Waals surface area contributed by atoms with Crippen LogP contribution in [0.5, 0.6) is 0 Å². The monoisotopic (exact) mass is 366 g/mol. The van der Waals surface area contributed by atoms with Crippen molar-refractivity contribution in [3.8, 4) is 0 Å². The molecule has 0 heterocycles. The lowest BCUT2D eigenvalue weighted by Crippen LogP contribution is -2.28. The van der Waals surface area contributed by atoms with Crippen molar-refractivity contribution in [3.63, 3.8) is 0 Å². The lowest BCUT2D eigenvalue weighted by atomic mass is 10.3. The molecular formula is C8H12Cl6O3. The molecule has 0 aromatic rings. The summed E-state index contributed by atoms with van der Waals surface area (Å²) in [5.41, 5.74) is 0. The fraction of sp³-hybridized carbons (Fsp3) is 1.00. The molecule has 0 rings (SSSR count). The quantitative estimate of drug-likeness (QED) is 0.559. The molecule has 0 aliphatic carbocycles. The Morgan fingerprint density at radius 2 is 1.06 bits per heavy atom. The normalized spacial score (nSPS) is 16.9. The largest absolute Gasteiger partial charge is 0.389 e. The Morgan fingerprint density at radius 1 is 0.765 bits per heavy atom. The molecule has 2 N–H and O–H groups in total. The van der Waals surface area contributed by atoms with Crippen LogP contribution in [0.2, 0.25) is 0 Å². The van der Waals surface area contributed by atoms with E-state index in [1.54, 1.807) is 0 Å². The van der Waals surface area contributed by atoms with Crippen LogP contribution >= 0.6 is 69.6 Å². The number of alkyl halides is 6. The summed E-state index contributed by atoms with van der Waals surface area (Å²) in [6.07, 6.45) is -1.93. The van der Waals surface area contributed by atoms with Crippen molar-refractivity contribution in [1.29, 1.82) is 0 Å². The van der Waals surface area contributed by atoms with E-state index in [-0.39, 0.29) is 26.1 Å². The number of hydrogen-bond acceptors (Lipinski definition) is 3. The van der Waals surface area contributed by atoms with Crippen molar-refractivity contribution < 1.29 is 14.9 Å². The molecule has 0 saturated carbocycles. The van der Waals surface area contributed by atoms with Gasteiger partial charge in [-0.2, -0.15) is 0 Å². The highest BCUT2D eigenvalue weighted by molar-refractivity contribution is 6.68. The van der Waals surface area contributed by atoms with E-state index >= 15 is 0 Å². The zero-order chi connectivity index (χ0) is 13.7. The summed E-state index contributed by atoms with van der Waals surface area (Å²) in [6, 6.07) is 0. The smallest absolute Gasteiger partial charge is 0.216 e. The van der Waals surface area contributed by atoms with E-state index in [2.05, 4.69) is 0 Å². The highest BCUT2D eigenvalue weighted by Crippen LogP contribution is 2.32. The fourth-order valence-electron chi connectivity index (χ4n) is 0.819. The number of hydrogen-bond donors (Lipinski definition) is 2. The fourth-order valence-corrected chi connectivity index (χ4v) is 1.47. The van der Waals surface area contributed by atoms with Crippen LogP contribution in [0.1, 0.15) is 12.8 Å². The average Bonchev–Trinajstić information content (AvgIpc) is 2.13. The van der Waals surface area contributed by atoms with Crippen LogP contribution in [0.25, 0.3) is 0 Å². The summed E-state index contributed by atoms with van der Waals surface area (Å²) in [5, 5.41) is 18.7. The highest BCUT2D eigenvalue weighted by atomic mass is 35.6. The van der Waals surface area contributed by atoms with E-state index in [1.807, 2.05) is 0 Å². The van der Waals surface area contributed by atoms with Gasteiger partial charge in [0.1, 0.15) is 12.2 Å². The Hall–Kier alpha value is 1.62. The Bertz CT molecular complexity index is 192. The number of aliphatic hydroxyl groups excluding tert-OH is 2. The van der Waals surface area contributed by atoms with Gasteiger partial charge in [-0.15, -0.1) is 0 Å². The minimum absolute atomic E-state index is 0.153. The van der Waals surface area contributed by atoms with Crippen LogP contribution in [0, 0.1) is 0 Å². The number of halogens is 6. The Labute approximate surface area is 130 Å². The third-order valence-corrected chi connectivity index (χ3v) is 3.34. The van der Waals surface area contributed by atoms with Crippen molar-refractivity contribution in [2.45, 2.75) is 32.6 Å². The van der Waals surface area contributed by atoms with Gasteiger partial charge < -0.3 is 14.9 Å². The first-order valence-electron chi connectivity index (χ1n) is 4.62. The van der Waals surface area contributed by atoms with Gasteiger partial charge >= 0.3 is 0 Å². The molecule has 0 fully saturated rings. The van der Waals surface area contributed by atoms with Gasteiger partial charge in [0, 0.05) is 26.1 Å².